The van der Waals surface area contributed by atoms with Crippen molar-refractivity contribution in [1.82, 2.24) is 24.4 Å². The summed E-state index contributed by atoms with van der Waals surface area (Å²) in [6.07, 6.45) is 1.79. The zero-order valence-electron chi connectivity index (χ0n) is 18.5. The van der Waals surface area contributed by atoms with Crippen LogP contribution in [0.4, 0.5) is 5.82 Å². The molecule has 0 bridgehead atoms. The Morgan fingerprint density at radius 3 is 2.47 bits per heavy atom. The highest BCUT2D eigenvalue weighted by Gasteiger charge is 2.27. The van der Waals surface area contributed by atoms with Crippen molar-refractivity contribution >= 4 is 11.7 Å². The van der Waals surface area contributed by atoms with Crippen molar-refractivity contribution in [3.63, 3.8) is 0 Å². The van der Waals surface area contributed by atoms with E-state index in [1.165, 1.54) is 0 Å². The van der Waals surface area contributed by atoms with Crippen LogP contribution in [0.1, 0.15) is 27.6 Å². The topological polar surface area (TPSA) is 85.6 Å². The molecule has 32 heavy (non-hydrogen) atoms. The predicted octanol–water partition coefficient (Wildman–Crippen LogP) is 2.32. The summed E-state index contributed by atoms with van der Waals surface area (Å²) in [5.74, 6) is 3.52. The minimum atomic E-state index is -0.0314. The number of anilines is 1. The minimum absolute atomic E-state index is 0.0314. The number of imidazole rings is 1. The van der Waals surface area contributed by atoms with Gasteiger partial charge in [0.2, 0.25) is 0 Å². The SMILES string of the molecule is Cc1nc(N2CCN(C(=O)c3cccc4c3OCCO4)CC2)cc(-n2cnc(C)c2C)n1. The second kappa shape index (κ2) is 8.14. The van der Waals surface area contributed by atoms with Crippen LogP contribution in [-0.4, -0.2) is 69.7 Å². The number of fused-ring (bicyclic) bond motifs is 1. The number of rotatable bonds is 3. The van der Waals surface area contributed by atoms with Crippen LogP contribution < -0.4 is 14.4 Å². The summed E-state index contributed by atoms with van der Waals surface area (Å²) < 4.78 is 13.3. The Hall–Kier alpha value is -3.62. The van der Waals surface area contributed by atoms with Crippen molar-refractivity contribution < 1.29 is 14.3 Å². The Morgan fingerprint density at radius 2 is 1.72 bits per heavy atom. The molecular formula is C23H26N6O3. The van der Waals surface area contributed by atoms with E-state index in [0.29, 0.717) is 62.3 Å². The van der Waals surface area contributed by atoms with E-state index in [1.54, 1.807) is 12.4 Å². The molecule has 5 rings (SSSR count). The standard InChI is InChI=1S/C23H26N6O3/c1-15-16(2)29(14-24-15)21-13-20(25-17(3)26-21)27-7-9-28(10-8-27)23(30)18-5-4-6-19-22(18)32-12-11-31-19/h4-6,13-14H,7-12H2,1-3H3. The van der Waals surface area contributed by atoms with Crippen LogP contribution in [0.25, 0.3) is 5.82 Å². The third kappa shape index (κ3) is 3.63. The highest BCUT2D eigenvalue weighted by atomic mass is 16.6. The van der Waals surface area contributed by atoms with Gasteiger partial charge in [-0.2, -0.15) is 0 Å². The molecule has 4 heterocycles. The molecule has 3 aromatic rings. The molecule has 0 saturated carbocycles. The Morgan fingerprint density at radius 1 is 0.969 bits per heavy atom. The van der Waals surface area contributed by atoms with Gasteiger partial charge in [-0.3, -0.25) is 9.36 Å². The maximum absolute atomic E-state index is 13.2. The third-order valence-electron chi connectivity index (χ3n) is 6.00. The molecule has 1 fully saturated rings. The Labute approximate surface area is 186 Å². The van der Waals surface area contributed by atoms with Crippen molar-refractivity contribution in [2.75, 3.05) is 44.3 Å². The number of hydrogen-bond donors (Lipinski definition) is 0. The third-order valence-corrected chi connectivity index (χ3v) is 6.00. The van der Waals surface area contributed by atoms with E-state index in [4.69, 9.17) is 9.47 Å². The number of carbonyl (C=O) groups excluding carboxylic acids is 1. The number of aryl methyl sites for hydroxylation is 2. The van der Waals surface area contributed by atoms with E-state index in [9.17, 15) is 4.79 Å². The van der Waals surface area contributed by atoms with Gasteiger partial charge in [-0.1, -0.05) is 6.07 Å². The lowest BCUT2D eigenvalue weighted by molar-refractivity contribution is 0.0736. The summed E-state index contributed by atoms with van der Waals surface area (Å²) in [6, 6.07) is 7.46. The number of amides is 1. The minimum Gasteiger partial charge on any atom is -0.486 e. The molecule has 0 radical (unpaired) electrons. The van der Waals surface area contributed by atoms with Crippen LogP contribution in [0.3, 0.4) is 0 Å². The van der Waals surface area contributed by atoms with Gasteiger partial charge in [-0.15, -0.1) is 0 Å². The first-order chi connectivity index (χ1) is 15.5. The average molecular weight is 435 g/mol. The maximum Gasteiger partial charge on any atom is 0.257 e. The smallest absolute Gasteiger partial charge is 0.257 e. The monoisotopic (exact) mass is 434 g/mol. The molecule has 0 atom stereocenters. The van der Waals surface area contributed by atoms with Crippen LogP contribution in [0.15, 0.2) is 30.6 Å². The Balaban J connectivity index is 1.32. The quantitative estimate of drug-likeness (QED) is 0.625. The van der Waals surface area contributed by atoms with Crippen molar-refractivity contribution in [3.05, 3.63) is 53.4 Å². The number of aromatic nitrogens is 4. The number of nitrogens with zero attached hydrogens (tertiary/aromatic N) is 6. The summed E-state index contributed by atoms with van der Waals surface area (Å²) >= 11 is 0. The first-order valence-corrected chi connectivity index (χ1v) is 10.8. The molecule has 2 aromatic heterocycles. The van der Waals surface area contributed by atoms with E-state index < -0.39 is 0 Å². The van der Waals surface area contributed by atoms with Gasteiger partial charge in [-0.05, 0) is 32.9 Å². The highest BCUT2D eigenvalue weighted by molar-refractivity contribution is 5.98. The van der Waals surface area contributed by atoms with Crippen LogP contribution in [-0.2, 0) is 0 Å². The molecule has 0 unspecified atom stereocenters. The molecule has 9 nitrogen and oxygen atoms in total. The Kier molecular flexibility index (Phi) is 5.16. The fourth-order valence-corrected chi connectivity index (χ4v) is 4.10. The molecule has 1 amide bonds. The molecule has 1 saturated heterocycles. The van der Waals surface area contributed by atoms with Gasteiger partial charge >= 0.3 is 0 Å². The van der Waals surface area contributed by atoms with Crippen LogP contribution in [0.5, 0.6) is 11.5 Å². The number of para-hydroxylation sites is 1. The molecule has 166 valence electrons. The van der Waals surface area contributed by atoms with Gasteiger partial charge in [-0.25, -0.2) is 15.0 Å². The predicted molar refractivity (Wildman–Crippen MR) is 119 cm³/mol. The molecule has 0 spiro atoms. The maximum atomic E-state index is 13.2. The van der Waals surface area contributed by atoms with Crippen molar-refractivity contribution in [3.8, 4) is 17.3 Å². The van der Waals surface area contributed by atoms with Crippen molar-refractivity contribution in [1.29, 1.82) is 0 Å². The summed E-state index contributed by atoms with van der Waals surface area (Å²) in [6.45, 7) is 9.45. The van der Waals surface area contributed by atoms with Gasteiger partial charge in [0.15, 0.2) is 11.5 Å². The molecule has 0 aliphatic carbocycles. The lowest BCUT2D eigenvalue weighted by Gasteiger charge is -2.36. The summed E-state index contributed by atoms with van der Waals surface area (Å²) in [4.78, 5) is 30.9. The summed E-state index contributed by atoms with van der Waals surface area (Å²) in [7, 11) is 0. The zero-order valence-corrected chi connectivity index (χ0v) is 18.5. The van der Waals surface area contributed by atoms with E-state index in [-0.39, 0.29) is 5.91 Å². The van der Waals surface area contributed by atoms with E-state index in [1.807, 2.05) is 48.4 Å². The van der Waals surface area contributed by atoms with E-state index in [2.05, 4.69) is 19.9 Å². The second-order valence-corrected chi connectivity index (χ2v) is 8.03. The van der Waals surface area contributed by atoms with Crippen LogP contribution in [0, 0.1) is 20.8 Å². The highest BCUT2D eigenvalue weighted by Crippen LogP contribution is 2.34. The number of hydrogen-bond acceptors (Lipinski definition) is 7. The number of ether oxygens (including phenoxy) is 2. The molecule has 2 aliphatic rings. The molecule has 0 N–H and O–H groups in total. The van der Waals surface area contributed by atoms with Gasteiger partial charge in [0.1, 0.15) is 37.0 Å². The zero-order chi connectivity index (χ0) is 22.2. The van der Waals surface area contributed by atoms with Gasteiger partial charge in [0.05, 0.1) is 11.3 Å². The van der Waals surface area contributed by atoms with E-state index in [0.717, 1.165) is 23.0 Å². The van der Waals surface area contributed by atoms with Gasteiger partial charge in [0.25, 0.3) is 5.91 Å². The van der Waals surface area contributed by atoms with Gasteiger partial charge < -0.3 is 19.3 Å². The lowest BCUT2D eigenvalue weighted by Crippen LogP contribution is -2.49. The first kappa shape index (κ1) is 20.3. The van der Waals surface area contributed by atoms with E-state index >= 15 is 0 Å². The Bertz CT molecular complexity index is 1170. The number of benzene rings is 1. The number of piperazine rings is 1. The van der Waals surface area contributed by atoms with Gasteiger partial charge in [0, 0.05) is 37.9 Å². The molecule has 2 aliphatic heterocycles. The molecule has 1 aromatic carbocycles. The summed E-state index contributed by atoms with van der Waals surface area (Å²) in [5, 5.41) is 0. The van der Waals surface area contributed by atoms with Crippen molar-refractivity contribution in [2.24, 2.45) is 0 Å². The molecule has 9 heteroatoms. The largest absolute Gasteiger partial charge is 0.486 e. The average Bonchev–Trinajstić information content (AvgIpc) is 3.16. The van der Waals surface area contributed by atoms with Crippen LogP contribution >= 0.6 is 0 Å². The molecular weight excluding hydrogens is 408 g/mol. The lowest BCUT2D eigenvalue weighted by atomic mass is 10.1. The first-order valence-electron chi connectivity index (χ1n) is 10.8. The van der Waals surface area contributed by atoms with Crippen LogP contribution in [0.2, 0.25) is 0 Å². The van der Waals surface area contributed by atoms with Crippen molar-refractivity contribution in [2.45, 2.75) is 20.8 Å². The second-order valence-electron chi connectivity index (χ2n) is 8.03. The normalized spacial score (nSPS) is 15.7. The fourth-order valence-electron chi connectivity index (χ4n) is 4.10. The summed E-state index contributed by atoms with van der Waals surface area (Å²) in [5.41, 5.74) is 2.59. The fraction of sp³-hybridized carbons (Fsp3) is 0.391. The number of carbonyl (C=O) groups is 1.